The molecule has 2 atom stereocenters. The molecule has 1 N–H and O–H groups in total. The second kappa shape index (κ2) is 6.87. The molecule has 24 heavy (non-hydrogen) atoms. The highest BCUT2D eigenvalue weighted by Gasteiger charge is 2.46. The highest BCUT2D eigenvalue weighted by Crippen LogP contribution is 2.43. The van der Waals surface area contributed by atoms with Gasteiger partial charge in [0.1, 0.15) is 0 Å². The molecule has 1 heterocycles. The molecule has 1 saturated carbocycles. The van der Waals surface area contributed by atoms with E-state index in [9.17, 15) is 9.90 Å². The second-order valence-corrected chi connectivity index (χ2v) is 8.11. The fraction of sp³-hybridized carbons (Fsp3) is 0.667. The third-order valence-corrected chi connectivity index (χ3v) is 6.19. The molecule has 1 aromatic carbocycles. The van der Waals surface area contributed by atoms with Crippen LogP contribution in [0.1, 0.15) is 69.9 Å². The van der Waals surface area contributed by atoms with E-state index in [0.29, 0.717) is 18.4 Å². The summed E-state index contributed by atoms with van der Waals surface area (Å²) in [5.41, 5.74) is 2.19. The van der Waals surface area contributed by atoms with Crippen molar-refractivity contribution in [3.8, 4) is 0 Å². The summed E-state index contributed by atoms with van der Waals surface area (Å²) in [6.07, 6.45) is 4.78. The first-order valence-electron chi connectivity index (χ1n) is 9.52. The van der Waals surface area contributed by atoms with Gasteiger partial charge in [-0.25, -0.2) is 0 Å². The fourth-order valence-corrected chi connectivity index (χ4v) is 4.46. The molecule has 0 spiro atoms. The third kappa shape index (κ3) is 3.11. The number of hydrogen-bond acceptors (Lipinski definition) is 2. The van der Waals surface area contributed by atoms with E-state index < -0.39 is 0 Å². The predicted octanol–water partition coefficient (Wildman–Crippen LogP) is 3.85. The minimum Gasteiger partial charge on any atom is -0.393 e. The molecule has 3 heteroatoms. The van der Waals surface area contributed by atoms with Crippen LogP contribution in [0.5, 0.6) is 0 Å². The molecule has 3 rings (SSSR count). The zero-order valence-electron chi connectivity index (χ0n) is 15.3. The Balaban J connectivity index is 1.84. The van der Waals surface area contributed by atoms with E-state index in [1.807, 2.05) is 11.8 Å². The van der Waals surface area contributed by atoms with Gasteiger partial charge in [0.15, 0.2) is 0 Å². The Morgan fingerprint density at radius 2 is 1.79 bits per heavy atom. The van der Waals surface area contributed by atoms with Gasteiger partial charge in [-0.3, -0.25) is 4.79 Å². The molecule has 1 aliphatic carbocycles. The smallest absolute Gasteiger partial charge is 0.233 e. The molecule has 3 nitrogen and oxygen atoms in total. The maximum atomic E-state index is 13.4. The zero-order chi connectivity index (χ0) is 17.3. The van der Waals surface area contributed by atoms with E-state index in [-0.39, 0.29) is 17.4 Å². The third-order valence-electron chi connectivity index (χ3n) is 6.19. The largest absolute Gasteiger partial charge is 0.393 e. The number of carbonyl (C=O) groups is 1. The number of benzene rings is 1. The summed E-state index contributed by atoms with van der Waals surface area (Å²) in [5, 5.41) is 9.84. The number of likely N-dealkylation sites (tertiary alicyclic amines) is 1. The van der Waals surface area contributed by atoms with Gasteiger partial charge in [0, 0.05) is 19.0 Å². The summed E-state index contributed by atoms with van der Waals surface area (Å²) in [4.78, 5) is 15.4. The Kier molecular flexibility index (Phi) is 5.00. The van der Waals surface area contributed by atoms with Crippen LogP contribution in [0.3, 0.4) is 0 Å². The maximum Gasteiger partial charge on any atom is 0.233 e. The van der Waals surface area contributed by atoms with Crippen molar-refractivity contribution < 1.29 is 9.90 Å². The van der Waals surface area contributed by atoms with Crippen molar-refractivity contribution in [3.63, 3.8) is 0 Å². The predicted molar refractivity (Wildman–Crippen MR) is 97.0 cm³/mol. The van der Waals surface area contributed by atoms with Crippen molar-refractivity contribution in [2.45, 2.75) is 70.3 Å². The lowest BCUT2D eigenvalue weighted by molar-refractivity contribution is -0.136. The van der Waals surface area contributed by atoms with Gasteiger partial charge in [0.05, 0.1) is 11.5 Å². The van der Waals surface area contributed by atoms with E-state index in [2.05, 4.69) is 38.1 Å². The van der Waals surface area contributed by atoms with Crippen LogP contribution in [0, 0.1) is 5.92 Å². The Labute approximate surface area is 146 Å². The van der Waals surface area contributed by atoms with Gasteiger partial charge in [0.2, 0.25) is 5.91 Å². The molecule has 2 unspecified atom stereocenters. The standard InChI is InChI=1S/C21H31NO2/c1-15(2)17-6-8-19(9-7-17)21(11-4-5-12-21)20(24)22-13-10-18(14-22)16(3)23/h6-9,15-16,18,23H,4-5,10-14H2,1-3H3. The summed E-state index contributed by atoms with van der Waals surface area (Å²) >= 11 is 0. The highest BCUT2D eigenvalue weighted by molar-refractivity contribution is 5.89. The van der Waals surface area contributed by atoms with Gasteiger partial charge in [-0.15, -0.1) is 0 Å². The van der Waals surface area contributed by atoms with Crippen LogP contribution < -0.4 is 0 Å². The normalized spacial score (nSPS) is 24.5. The van der Waals surface area contributed by atoms with Gasteiger partial charge in [-0.05, 0) is 43.2 Å². The maximum absolute atomic E-state index is 13.4. The van der Waals surface area contributed by atoms with Crippen LogP contribution in [0.4, 0.5) is 0 Å². The van der Waals surface area contributed by atoms with Crippen molar-refractivity contribution in [2.24, 2.45) is 5.92 Å². The minimum absolute atomic E-state index is 0.232. The minimum atomic E-state index is -0.330. The summed E-state index contributed by atoms with van der Waals surface area (Å²) in [5.74, 6) is 1.04. The monoisotopic (exact) mass is 329 g/mol. The van der Waals surface area contributed by atoms with Crippen LogP contribution in [0.15, 0.2) is 24.3 Å². The summed E-state index contributed by atoms with van der Waals surface area (Å²) in [7, 11) is 0. The molecular formula is C21H31NO2. The molecule has 0 aromatic heterocycles. The first kappa shape index (κ1) is 17.5. The molecule has 0 bridgehead atoms. The van der Waals surface area contributed by atoms with Crippen molar-refractivity contribution >= 4 is 5.91 Å². The van der Waals surface area contributed by atoms with E-state index in [1.54, 1.807) is 0 Å². The van der Waals surface area contributed by atoms with Gasteiger partial charge >= 0.3 is 0 Å². The average Bonchev–Trinajstić information content (AvgIpc) is 3.24. The highest BCUT2D eigenvalue weighted by atomic mass is 16.3. The Morgan fingerprint density at radius 1 is 1.17 bits per heavy atom. The summed E-state index contributed by atoms with van der Waals surface area (Å²) < 4.78 is 0. The Hall–Kier alpha value is -1.35. The molecule has 2 fully saturated rings. The number of amides is 1. The van der Waals surface area contributed by atoms with Crippen LogP contribution >= 0.6 is 0 Å². The lowest BCUT2D eigenvalue weighted by Gasteiger charge is -2.33. The molecule has 1 saturated heterocycles. The Bertz CT molecular complexity index is 570. The van der Waals surface area contributed by atoms with Gasteiger partial charge < -0.3 is 10.0 Å². The molecule has 2 aliphatic rings. The van der Waals surface area contributed by atoms with Crippen molar-refractivity contribution in [3.05, 3.63) is 35.4 Å². The number of hydrogen-bond donors (Lipinski definition) is 1. The summed E-state index contributed by atoms with van der Waals surface area (Å²) in [6, 6.07) is 8.74. The van der Waals surface area contributed by atoms with Crippen LogP contribution in [-0.2, 0) is 10.2 Å². The average molecular weight is 329 g/mol. The molecule has 1 aromatic rings. The Morgan fingerprint density at radius 3 is 2.29 bits per heavy atom. The van der Waals surface area contributed by atoms with E-state index in [1.165, 1.54) is 11.1 Å². The van der Waals surface area contributed by atoms with E-state index >= 15 is 0 Å². The number of aliphatic hydroxyl groups is 1. The van der Waals surface area contributed by atoms with Crippen LogP contribution in [-0.4, -0.2) is 35.1 Å². The van der Waals surface area contributed by atoms with Gasteiger partial charge in [0.25, 0.3) is 0 Å². The number of aliphatic hydroxyl groups excluding tert-OH is 1. The lowest BCUT2D eigenvalue weighted by atomic mass is 9.77. The first-order valence-corrected chi connectivity index (χ1v) is 9.52. The number of nitrogens with zero attached hydrogens (tertiary/aromatic N) is 1. The zero-order valence-corrected chi connectivity index (χ0v) is 15.3. The number of carbonyl (C=O) groups excluding carboxylic acids is 1. The van der Waals surface area contributed by atoms with Crippen molar-refractivity contribution in [2.75, 3.05) is 13.1 Å². The van der Waals surface area contributed by atoms with Crippen molar-refractivity contribution in [1.82, 2.24) is 4.90 Å². The van der Waals surface area contributed by atoms with Gasteiger partial charge in [-0.1, -0.05) is 51.0 Å². The van der Waals surface area contributed by atoms with Crippen LogP contribution in [0.25, 0.3) is 0 Å². The fourth-order valence-electron chi connectivity index (χ4n) is 4.46. The molecule has 1 aliphatic heterocycles. The molecule has 1 amide bonds. The SMILES string of the molecule is CC(C)c1ccc(C2(C(=O)N3CCC(C(C)O)C3)CCCC2)cc1. The first-order chi connectivity index (χ1) is 11.4. The second-order valence-electron chi connectivity index (χ2n) is 8.11. The van der Waals surface area contributed by atoms with E-state index in [4.69, 9.17) is 0 Å². The van der Waals surface area contributed by atoms with Crippen molar-refractivity contribution in [1.29, 1.82) is 0 Å². The lowest BCUT2D eigenvalue weighted by Crippen LogP contribution is -2.44. The number of rotatable bonds is 4. The molecule has 0 radical (unpaired) electrons. The summed E-state index contributed by atoms with van der Waals surface area (Å²) in [6.45, 7) is 7.75. The van der Waals surface area contributed by atoms with Crippen LogP contribution in [0.2, 0.25) is 0 Å². The quantitative estimate of drug-likeness (QED) is 0.911. The van der Waals surface area contributed by atoms with E-state index in [0.717, 1.165) is 38.6 Å². The molecular weight excluding hydrogens is 298 g/mol. The van der Waals surface area contributed by atoms with Gasteiger partial charge in [-0.2, -0.15) is 0 Å². The molecule has 132 valence electrons. The topological polar surface area (TPSA) is 40.5 Å².